The van der Waals surface area contributed by atoms with E-state index in [1.807, 2.05) is 11.4 Å². The molecule has 1 aliphatic carbocycles. The Morgan fingerprint density at radius 1 is 1.35 bits per heavy atom. The number of imidazole rings is 1. The zero-order chi connectivity index (χ0) is 13.7. The van der Waals surface area contributed by atoms with Crippen LogP contribution >= 0.6 is 11.3 Å². The van der Waals surface area contributed by atoms with Crippen molar-refractivity contribution in [2.24, 2.45) is 0 Å². The lowest BCUT2D eigenvalue weighted by molar-refractivity contribution is 0.0697. The number of benzene rings is 1. The molecule has 3 aromatic rings. The first kappa shape index (κ1) is 11.7. The van der Waals surface area contributed by atoms with E-state index in [0.29, 0.717) is 5.92 Å². The van der Waals surface area contributed by atoms with Crippen LogP contribution in [0.5, 0.6) is 0 Å². The highest BCUT2D eigenvalue weighted by Gasteiger charge is 2.30. The molecule has 1 fully saturated rings. The van der Waals surface area contributed by atoms with E-state index in [2.05, 4.69) is 21.0 Å². The molecule has 0 saturated heterocycles. The minimum absolute atomic E-state index is 0.287. The van der Waals surface area contributed by atoms with E-state index in [1.54, 1.807) is 23.5 Å². The van der Waals surface area contributed by atoms with Gasteiger partial charge >= 0.3 is 5.97 Å². The van der Waals surface area contributed by atoms with E-state index in [9.17, 15) is 4.79 Å². The van der Waals surface area contributed by atoms with E-state index < -0.39 is 5.97 Å². The lowest BCUT2D eigenvalue weighted by Crippen LogP contribution is -1.98. The Morgan fingerprint density at radius 3 is 2.85 bits per heavy atom. The van der Waals surface area contributed by atoms with Crippen LogP contribution in [0.25, 0.3) is 16.7 Å². The zero-order valence-electron chi connectivity index (χ0n) is 10.6. The molecule has 0 aliphatic heterocycles. The topological polar surface area (TPSA) is 55.1 Å². The predicted molar refractivity (Wildman–Crippen MR) is 77.9 cm³/mol. The first-order valence-corrected chi connectivity index (χ1v) is 7.46. The van der Waals surface area contributed by atoms with Gasteiger partial charge in [-0.05, 0) is 42.5 Å². The molecular formula is C15H12N2O2S. The number of carboxylic acids is 1. The van der Waals surface area contributed by atoms with E-state index in [4.69, 9.17) is 5.11 Å². The second-order valence-corrected chi connectivity index (χ2v) is 5.85. The maximum atomic E-state index is 11.1. The standard InChI is InChI=1S/C15H12N2O2S/c18-15(19)10-3-4-13-12(7-10)16-14(9-1-2-9)17(13)11-5-6-20-8-11/h3-9H,1-2H2,(H,18,19). The number of thiophene rings is 1. The molecule has 2 heterocycles. The van der Waals surface area contributed by atoms with Crippen LogP contribution in [-0.2, 0) is 0 Å². The third-order valence-corrected chi connectivity index (χ3v) is 4.31. The van der Waals surface area contributed by atoms with Crippen molar-refractivity contribution in [3.63, 3.8) is 0 Å². The molecular weight excluding hydrogens is 272 g/mol. The van der Waals surface area contributed by atoms with Gasteiger partial charge in [0.15, 0.2) is 0 Å². The zero-order valence-corrected chi connectivity index (χ0v) is 11.4. The maximum absolute atomic E-state index is 11.1. The summed E-state index contributed by atoms with van der Waals surface area (Å²) in [6.07, 6.45) is 2.33. The van der Waals surface area contributed by atoms with Gasteiger partial charge in [-0.2, -0.15) is 11.3 Å². The summed E-state index contributed by atoms with van der Waals surface area (Å²) in [4.78, 5) is 15.8. The van der Waals surface area contributed by atoms with Gasteiger partial charge in [0.2, 0.25) is 0 Å². The Morgan fingerprint density at radius 2 is 2.20 bits per heavy atom. The van der Waals surface area contributed by atoms with Gasteiger partial charge in [-0.1, -0.05) is 0 Å². The Balaban J connectivity index is 1.99. The Bertz CT molecular complexity index is 801. The molecule has 4 nitrogen and oxygen atoms in total. The molecule has 1 aromatic carbocycles. The van der Waals surface area contributed by atoms with Crippen molar-refractivity contribution in [1.82, 2.24) is 9.55 Å². The fraction of sp³-hybridized carbons (Fsp3) is 0.200. The number of fused-ring (bicyclic) bond motifs is 1. The number of aromatic carboxylic acids is 1. The fourth-order valence-electron chi connectivity index (χ4n) is 2.50. The quantitative estimate of drug-likeness (QED) is 0.798. The molecule has 1 N–H and O–H groups in total. The van der Waals surface area contributed by atoms with Crippen molar-refractivity contribution < 1.29 is 9.90 Å². The molecule has 0 bridgehead atoms. The second kappa shape index (κ2) is 4.18. The Labute approximate surface area is 119 Å². The molecule has 1 saturated carbocycles. The van der Waals surface area contributed by atoms with Crippen molar-refractivity contribution in [1.29, 1.82) is 0 Å². The maximum Gasteiger partial charge on any atom is 0.335 e. The van der Waals surface area contributed by atoms with E-state index >= 15 is 0 Å². The highest BCUT2D eigenvalue weighted by atomic mass is 32.1. The molecule has 0 radical (unpaired) electrons. The predicted octanol–water partition coefficient (Wildman–Crippen LogP) is 3.66. The summed E-state index contributed by atoms with van der Waals surface area (Å²) in [5, 5.41) is 13.2. The number of aromatic nitrogens is 2. The SMILES string of the molecule is O=C(O)c1ccc2c(c1)nc(C1CC1)n2-c1ccsc1. The van der Waals surface area contributed by atoms with Crippen LogP contribution in [0.1, 0.15) is 34.9 Å². The number of carbonyl (C=O) groups is 1. The first-order chi connectivity index (χ1) is 9.74. The van der Waals surface area contributed by atoms with Crippen LogP contribution in [0.4, 0.5) is 0 Å². The van der Waals surface area contributed by atoms with Gasteiger partial charge in [0.05, 0.1) is 22.3 Å². The van der Waals surface area contributed by atoms with Crippen molar-refractivity contribution in [3.05, 3.63) is 46.4 Å². The van der Waals surface area contributed by atoms with Crippen molar-refractivity contribution in [2.45, 2.75) is 18.8 Å². The minimum atomic E-state index is -0.912. The smallest absolute Gasteiger partial charge is 0.335 e. The van der Waals surface area contributed by atoms with E-state index in [0.717, 1.165) is 22.5 Å². The van der Waals surface area contributed by atoms with Crippen LogP contribution in [0, 0.1) is 0 Å². The highest BCUT2D eigenvalue weighted by molar-refractivity contribution is 7.08. The second-order valence-electron chi connectivity index (χ2n) is 5.07. The van der Waals surface area contributed by atoms with Crippen molar-refractivity contribution in [2.75, 3.05) is 0 Å². The van der Waals surface area contributed by atoms with E-state index in [1.165, 1.54) is 12.8 Å². The summed E-state index contributed by atoms with van der Waals surface area (Å²) in [5.74, 6) is 0.654. The highest BCUT2D eigenvalue weighted by Crippen LogP contribution is 2.42. The van der Waals surface area contributed by atoms with Gasteiger partial charge < -0.3 is 5.11 Å². The molecule has 0 amide bonds. The van der Waals surface area contributed by atoms with Gasteiger partial charge in [-0.3, -0.25) is 4.57 Å². The number of carboxylic acid groups (broad SMARTS) is 1. The molecule has 2 aromatic heterocycles. The molecule has 4 rings (SSSR count). The van der Waals surface area contributed by atoms with Crippen LogP contribution in [0.2, 0.25) is 0 Å². The summed E-state index contributed by atoms with van der Waals surface area (Å²) in [7, 11) is 0. The summed E-state index contributed by atoms with van der Waals surface area (Å²) < 4.78 is 2.16. The largest absolute Gasteiger partial charge is 0.478 e. The molecule has 20 heavy (non-hydrogen) atoms. The van der Waals surface area contributed by atoms with Crippen LogP contribution in [-0.4, -0.2) is 20.6 Å². The number of hydrogen-bond acceptors (Lipinski definition) is 3. The average molecular weight is 284 g/mol. The molecule has 100 valence electrons. The van der Waals surface area contributed by atoms with Crippen molar-refractivity contribution >= 4 is 28.3 Å². The summed E-state index contributed by atoms with van der Waals surface area (Å²) in [5.41, 5.74) is 3.14. The summed E-state index contributed by atoms with van der Waals surface area (Å²) >= 11 is 1.65. The Hall–Kier alpha value is -2.14. The van der Waals surface area contributed by atoms with Gasteiger partial charge in [-0.15, -0.1) is 0 Å². The number of nitrogens with zero attached hydrogens (tertiary/aromatic N) is 2. The third kappa shape index (κ3) is 1.74. The molecule has 1 aliphatic rings. The normalized spacial score (nSPS) is 14.8. The monoisotopic (exact) mass is 284 g/mol. The lowest BCUT2D eigenvalue weighted by Gasteiger charge is -2.05. The molecule has 5 heteroatoms. The van der Waals surface area contributed by atoms with E-state index in [-0.39, 0.29) is 5.56 Å². The van der Waals surface area contributed by atoms with Crippen molar-refractivity contribution in [3.8, 4) is 5.69 Å². The van der Waals surface area contributed by atoms with Crippen LogP contribution in [0.15, 0.2) is 35.0 Å². The van der Waals surface area contributed by atoms with Gasteiger partial charge in [0.25, 0.3) is 0 Å². The van der Waals surface area contributed by atoms with Crippen LogP contribution in [0.3, 0.4) is 0 Å². The molecule has 0 atom stereocenters. The van der Waals surface area contributed by atoms with Gasteiger partial charge in [0.1, 0.15) is 5.82 Å². The first-order valence-electron chi connectivity index (χ1n) is 6.52. The summed E-state index contributed by atoms with van der Waals surface area (Å²) in [6.45, 7) is 0. The number of hydrogen-bond donors (Lipinski definition) is 1. The minimum Gasteiger partial charge on any atom is -0.478 e. The average Bonchev–Trinajstić information content (AvgIpc) is 3.01. The van der Waals surface area contributed by atoms with Gasteiger partial charge in [-0.25, -0.2) is 9.78 Å². The Kier molecular flexibility index (Phi) is 2.44. The molecule has 0 unspecified atom stereocenters. The fourth-order valence-corrected chi connectivity index (χ4v) is 3.12. The van der Waals surface area contributed by atoms with Crippen LogP contribution < -0.4 is 0 Å². The summed E-state index contributed by atoms with van der Waals surface area (Å²) in [6, 6.07) is 7.23. The molecule has 0 spiro atoms. The lowest BCUT2D eigenvalue weighted by atomic mass is 10.2. The van der Waals surface area contributed by atoms with Gasteiger partial charge in [0, 0.05) is 11.3 Å². The third-order valence-electron chi connectivity index (χ3n) is 3.63. The number of rotatable bonds is 3.